The van der Waals surface area contributed by atoms with Crippen LogP contribution in [0.5, 0.6) is 0 Å². The van der Waals surface area contributed by atoms with Crippen molar-refractivity contribution in [3.8, 4) is 0 Å². The van der Waals surface area contributed by atoms with E-state index in [9.17, 15) is 19.4 Å². The van der Waals surface area contributed by atoms with Gasteiger partial charge in [-0.1, -0.05) is 339 Å². The number of carbonyl (C=O) groups is 1. The molecule has 0 fully saturated rings. The normalized spacial score (nSPS) is 13.9. The van der Waals surface area contributed by atoms with Crippen molar-refractivity contribution in [2.24, 2.45) is 0 Å². The second-order valence-corrected chi connectivity index (χ2v) is 27.0. The maximum atomic E-state index is 13.0. The van der Waals surface area contributed by atoms with Crippen molar-refractivity contribution >= 4 is 13.7 Å². The van der Waals surface area contributed by atoms with Crippen LogP contribution in [-0.4, -0.2) is 68.5 Å². The Morgan fingerprint density at radius 2 is 0.716 bits per heavy atom. The summed E-state index contributed by atoms with van der Waals surface area (Å²) in [6.45, 7) is 4.69. The lowest BCUT2D eigenvalue weighted by Crippen LogP contribution is -2.45. The minimum Gasteiger partial charge on any atom is -0.756 e. The summed E-state index contributed by atoms with van der Waals surface area (Å²) in [6, 6.07) is -0.887. The van der Waals surface area contributed by atoms with Gasteiger partial charge in [-0.05, 0) is 57.8 Å². The van der Waals surface area contributed by atoms with Crippen LogP contribution in [0, 0.1) is 0 Å². The fraction of sp³-hybridized carbons (Fsp3) is 0.875. The molecular formula is C72H139N2O6P. The van der Waals surface area contributed by atoms with E-state index in [0.29, 0.717) is 17.4 Å². The number of nitrogens with one attached hydrogen (secondary N) is 1. The number of phosphoric ester groups is 1. The number of rotatable bonds is 66. The van der Waals surface area contributed by atoms with Crippen molar-refractivity contribution in [3.63, 3.8) is 0 Å². The van der Waals surface area contributed by atoms with Crippen LogP contribution in [-0.2, 0) is 18.4 Å². The zero-order chi connectivity index (χ0) is 59.1. The van der Waals surface area contributed by atoms with Gasteiger partial charge in [-0.15, -0.1) is 0 Å². The molecule has 0 aromatic rings. The highest BCUT2D eigenvalue weighted by Gasteiger charge is 2.23. The van der Waals surface area contributed by atoms with E-state index >= 15 is 0 Å². The Morgan fingerprint density at radius 3 is 1.04 bits per heavy atom. The summed E-state index contributed by atoms with van der Waals surface area (Å²) in [4.78, 5) is 25.6. The predicted octanol–water partition coefficient (Wildman–Crippen LogP) is 22.0. The van der Waals surface area contributed by atoms with Gasteiger partial charge in [0.2, 0.25) is 5.91 Å². The van der Waals surface area contributed by atoms with E-state index in [1.54, 1.807) is 6.08 Å². The summed E-state index contributed by atoms with van der Waals surface area (Å²) < 4.78 is 23.5. The lowest BCUT2D eigenvalue weighted by molar-refractivity contribution is -0.870. The van der Waals surface area contributed by atoms with Crippen molar-refractivity contribution in [1.82, 2.24) is 5.32 Å². The molecule has 0 rings (SSSR count). The molecule has 8 nitrogen and oxygen atoms in total. The molecular weight excluding hydrogens is 1020 g/mol. The fourth-order valence-electron chi connectivity index (χ4n) is 10.8. The molecule has 0 heterocycles. The number of phosphoric acid groups is 1. The van der Waals surface area contributed by atoms with Gasteiger partial charge in [0.15, 0.2) is 0 Å². The molecule has 81 heavy (non-hydrogen) atoms. The van der Waals surface area contributed by atoms with Crippen LogP contribution in [0.1, 0.15) is 354 Å². The van der Waals surface area contributed by atoms with Gasteiger partial charge in [-0.25, -0.2) is 0 Å². The van der Waals surface area contributed by atoms with Crippen molar-refractivity contribution in [3.05, 3.63) is 48.6 Å². The van der Waals surface area contributed by atoms with Gasteiger partial charge in [0, 0.05) is 6.42 Å². The first-order chi connectivity index (χ1) is 39.5. The van der Waals surface area contributed by atoms with E-state index in [1.165, 1.54) is 283 Å². The molecule has 0 saturated heterocycles. The Morgan fingerprint density at radius 1 is 0.432 bits per heavy atom. The number of carbonyl (C=O) groups excluding carboxylic acids is 1. The molecule has 2 N–H and O–H groups in total. The Kier molecular flexibility index (Phi) is 61.8. The second kappa shape index (κ2) is 63.0. The Bertz CT molecular complexity index is 1460. The molecule has 1 amide bonds. The fourth-order valence-corrected chi connectivity index (χ4v) is 11.5. The number of hydrogen-bond donors (Lipinski definition) is 2. The van der Waals surface area contributed by atoms with Crippen molar-refractivity contribution in [2.45, 2.75) is 366 Å². The molecule has 0 bridgehead atoms. The summed E-state index contributed by atoms with van der Waals surface area (Å²) in [5, 5.41) is 14.0. The summed E-state index contributed by atoms with van der Waals surface area (Å²) >= 11 is 0. The minimum absolute atomic E-state index is 0.000463. The van der Waals surface area contributed by atoms with Gasteiger partial charge in [-0.3, -0.25) is 9.36 Å². The molecule has 0 aliphatic rings. The van der Waals surface area contributed by atoms with E-state index in [2.05, 4.69) is 55.6 Å². The SMILES string of the molecule is CCCCCCC/C=C\C/C=C\C/C=C\CCCCCCCCCCCCCCCCCCCCCCC(=O)NC(COP(=O)([O-])OCC[N+](C)(C)C)C(O)/C=C/CCCCCCCCCCCCCCCCCCCCCCCC. The van der Waals surface area contributed by atoms with Gasteiger partial charge < -0.3 is 28.8 Å². The first-order valence-corrected chi connectivity index (χ1v) is 37.0. The molecule has 0 spiro atoms. The lowest BCUT2D eigenvalue weighted by atomic mass is 10.0. The number of nitrogens with zero attached hydrogens (tertiary/aromatic N) is 1. The van der Waals surface area contributed by atoms with Crippen molar-refractivity contribution in [1.29, 1.82) is 0 Å². The van der Waals surface area contributed by atoms with Crippen LogP contribution < -0.4 is 10.2 Å². The molecule has 478 valence electrons. The number of amides is 1. The first kappa shape index (κ1) is 79.5. The molecule has 9 heteroatoms. The van der Waals surface area contributed by atoms with Crippen LogP contribution in [0.25, 0.3) is 0 Å². The first-order valence-electron chi connectivity index (χ1n) is 35.5. The Hall–Kier alpha value is -1.54. The van der Waals surface area contributed by atoms with Crippen LogP contribution in [0.3, 0.4) is 0 Å². The summed E-state index contributed by atoms with van der Waals surface area (Å²) in [7, 11) is 1.28. The predicted molar refractivity (Wildman–Crippen MR) is 353 cm³/mol. The second-order valence-electron chi connectivity index (χ2n) is 25.6. The number of unbranched alkanes of at least 4 members (excludes halogenated alkanes) is 47. The number of hydrogen-bond acceptors (Lipinski definition) is 6. The number of aliphatic hydroxyl groups is 1. The molecule has 0 saturated carbocycles. The van der Waals surface area contributed by atoms with Gasteiger partial charge in [0.1, 0.15) is 13.2 Å². The highest BCUT2D eigenvalue weighted by atomic mass is 31.2. The summed E-state index contributed by atoms with van der Waals surface area (Å²) in [5.74, 6) is -0.191. The van der Waals surface area contributed by atoms with E-state index in [0.717, 1.165) is 51.4 Å². The minimum atomic E-state index is -4.60. The van der Waals surface area contributed by atoms with E-state index in [4.69, 9.17) is 9.05 Å². The molecule has 0 aliphatic heterocycles. The van der Waals surface area contributed by atoms with Crippen LogP contribution >= 0.6 is 7.82 Å². The molecule has 0 aliphatic carbocycles. The van der Waals surface area contributed by atoms with Gasteiger partial charge >= 0.3 is 0 Å². The van der Waals surface area contributed by atoms with Crippen LogP contribution in [0.15, 0.2) is 48.6 Å². The van der Waals surface area contributed by atoms with Crippen LogP contribution in [0.4, 0.5) is 0 Å². The highest BCUT2D eigenvalue weighted by Crippen LogP contribution is 2.38. The van der Waals surface area contributed by atoms with E-state index in [-0.39, 0.29) is 19.1 Å². The van der Waals surface area contributed by atoms with Gasteiger partial charge in [0.25, 0.3) is 7.82 Å². The molecule has 3 unspecified atom stereocenters. The van der Waals surface area contributed by atoms with Crippen molar-refractivity contribution < 1.29 is 32.9 Å². The van der Waals surface area contributed by atoms with Crippen molar-refractivity contribution in [2.75, 3.05) is 40.9 Å². The number of likely N-dealkylation sites (N-methyl/N-ethyl adjacent to an activating group) is 1. The van der Waals surface area contributed by atoms with Gasteiger partial charge in [0.05, 0.1) is 39.9 Å². The number of quaternary nitrogens is 1. The monoisotopic (exact) mass is 1160 g/mol. The van der Waals surface area contributed by atoms with Gasteiger partial charge in [-0.2, -0.15) is 0 Å². The van der Waals surface area contributed by atoms with E-state index in [1.807, 2.05) is 27.2 Å². The van der Waals surface area contributed by atoms with E-state index < -0.39 is 20.0 Å². The third kappa shape index (κ3) is 65.9. The highest BCUT2D eigenvalue weighted by molar-refractivity contribution is 7.45. The largest absolute Gasteiger partial charge is 0.756 e. The smallest absolute Gasteiger partial charge is 0.268 e. The molecule has 3 atom stereocenters. The zero-order valence-corrected chi connectivity index (χ0v) is 55.6. The number of aliphatic hydroxyl groups excluding tert-OH is 1. The average molecular weight is 1160 g/mol. The topological polar surface area (TPSA) is 108 Å². The molecule has 0 aromatic heterocycles. The third-order valence-electron chi connectivity index (χ3n) is 16.3. The molecule has 0 radical (unpaired) electrons. The number of allylic oxidation sites excluding steroid dienone is 7. The maximum Gasteiger partial charge on any atom is 0.268 e. The zero-order valence-electron chi connectivity index (χ0n) is 54.8. The lowest BCUT2D eigenvalue weighted by Gasteiger charge is -2.29. The third-order valence-corrected chi connectivity index (χ3v) is 17.2. The van der Waals surface area contributed by atoms with Crippen LogP contribution in [0.2, 0.25) is 0 Å². The summed E-state index contributed by atoms with van der Waals surface area (Å²) in [6.07, 6.45) is 85.2. The maximum absolute atomic E-state index is 13.0. The summed E-state index contributed by atoms with van der Waals surface area (Å²) in [5.41, 5.74) is 0. The Balaban J connectivity index is 4.01. The average Bonchev–Trinajstić information content (AvgIpc) is 3.43. The standard InChI is InChI=1S/C72H139N2O6P/c1-6-8-10-12-14-16-18-20-22-24-26-28-30-32-33-34-35-36-37-38-39-40-41-42-44-46-48-50-52-54-56-58-60-62-64-66-72(76)73-70(69-80-81(77,78)79-68-67-74(3,4)5)71(75)65-63-61-59-57-55-53-51-49-47-45-43-31-29-27-25-23-21-19-17-15-13-11-9-7-2/h18,20,24,26,30,32,63,65,70-71,75H,6-17,19,21-23,25,27-29,31,33-62,64,66-69H2,1-5H3,(H-,73,76,77,78)/b20-18-,26-24-,32-30-,65-63+. The quantitative estimate of drug-likeness (QED) is 0.0272. The molecule has 0 aromatic carbocycles. The Labute approximate surface area is 505 Å².